The van der Waals surface area contributed by atoms with E-state index in [0.29, 0.717) is 11.4 Å². The third kappa shape index (κ3) is 3.85. The highest BCUT2D eigenvalue weighted by Gasteiger charge is 2.12. The van der Waals surface area contributed by atoms with E-state index in [9.17, 15) is 4.79 Å². The average Bonchev–Trinajstić information content (AvgIpc) is 2.70. The zero-order chi connectivity index (χ0) is 20.5. The van der Waals surface area contributed by atoms with E-state index in [1.54, 1.807) is 12.3 Å². The minimum atomic E-state index is -0.138. The van der Waals surface area contributed by atoms with Gasteiger partial charge in [0.1, 0.15) is 0 Å². The number of rotatable bonds is 3. The zero-order valence-electron chi connectivity index (χ0n) is 16.9. The predicted octanol–water partition coefficient (Wildman–Crippen LogP) is 5.18. The summed E-state index contributed by atoms with van der Waals surface area (Å²) >= 11 is 0. The molecule has 0 fully saturated rings. The molecule has 29 heavy (non-hydrogen) atoms. The van der Waals surface area contributed by atoms with Crippen LogP contribution in [0.5, 0.6) is 0 Å². The van der Waals surface area contributed by atoms with Crippen LogP contribution in [-0.4, -0.2) is 20.9 Å². The Kier molecular flexibility index (Phi) is 4.80. The van der Waals surface area contributed by atoms with Crippen LogP contribution in [0.4, 0.5) is 5.69 Å². The number of benzene rings is 2. The van der Waals surface area contributed by atoms with Crippen LogP contribution in [0.15, 0.2) is 54.9 Å². The summed E-state index contributed by atoms with van der Waals surface area (Å²) in [7, 11) is 0. The molecule has 0 bridgehead atoms. The first-order valence-electron chi connectivity index (χ1n) is 9.50. The number of amides is 1. The molecule has 5 nitrogen and oxygen atoms in total. The van der Waals surface area contributed by atoms with Crippen molar-refractivity contribution in [2.24, 2.45) is 0 Å². The van der Waals surface area contributed by atoms with Gasteiger partial charge in [-0.05, 0) is 75.2 Å². The average molecular weight is 382 g/mol. The number of hydrogen-bond acceptors (Lipinski definition) is 4. The van der Waals surface area contributed by atoms with E-state index in [0.717, 1.165) is 39.0 Å². The standard InChI is InChI=1S/C24H22N4O/c1-14-5-7-22-19(9-14)13-26-23(27-22)18-6-8-21(15(2)10-18)28-24(29)20-11-17(4)25-12-16(20)3/h5-13H,1-4H3,(H,28,29). The second-order valence-corrected chi connectivity index (χ2v) is 7.38. The Bertz CT molecular complexity index is 1250. The number of pyridine rings is 1. The number of aromatic nitrogens is 3. The van der Waals surface area contributed by atoms with Crippen LogP contribution in [0, 0.1) is 27.7 Å². The molecule has 0 atom stereocenters. The van der Waals surface area contributed by atoms with E-state index in [-0.39, 0.29) is 5.91 Å². The molecule has 0 unspecified atom stereocenters. The van der Waals surface area contributed by atoms with Crippen LogP contribution in [0.1, 0.15) is 32.7 Å². The lowest BCUT2D eigenvalue weighted by atomic mass is 10.1. The first-order chi connectivity index (χ1) is 13.9. The van der Waals surface area contributed by atoms with Crippen molar-refractivity contribution < 1.29 is 4.79 Å². The Labute approximate surface area is 169 Å². The van der Waals surface area contributed by atoms with E-state index in [1.807, 2.05) is 57.3 Å². The molecule has 0 saturated carbocycles. The number of carbonyl (C=O) groups excluding carboxylic acids is 1. The summed E-state index contributed by atoms with van der Waals surface area (Å²) < 4.78 is 0. The highest BCUT2D eigenvalue weighted by molar-refractivity contribution is 6.05. The summed E-state index contributed by atoms with van der Waals surface area (Å²) in [5, 5.41) is 4.03. The minimum absolute atomic E-state index is 0.138. The van der Waals surface area contributed by atoms with E-state index in [2.05, 4.69) is 33.3 Å². The van der Waals surface area contributed by atoms with Crippen LogP contribution >= 0.6 is 0 Å². The van der Waals surface area contributed by atoms with Gasteiger partial charge >= 0.3 is 0 Å². The number of fused-ring (bicyclic) bond motifs is 1. The maximum atomic E-state index is 12.7. The fraction of sp³-hybridized carbons (Fsp3) is 0.167. The van der Waals surface area contributed by atoms with Gasteiger partial charge in [-0.2, -0.15) is 0 Å². The van der Waals surface area contributed by atoms with Gasteiger partial charge in [0.15, 0.2) is 5.82 Å². The topological polar surface area (TPSA) is 67.8 Å². The van der Waals surface area contributed by atoms with E-state index >= 15 is 0 Å². The monoisotopic (exact) mass is 382 g/mol. The van der Waals surface area contributed by atoms with Gasteiger partial charge in [-0.1, -0.05) is 11.6 Å². The molecule has 2 aromatic heterocycles. The van der Waals surface area contributed by atoms with Gasteiger partial charge in [0.25, 0.3) is 5.91 Å². The van der Waals surface area contributed by atoms with Gasteiger partial charge in [-0.15, -0.1) is 0 Å². The molecule has 2 heterocycles. The van der Waals surface area contributed by atoms with Crippen molar-refractivity contribution in [3.05, 3.63) is 82.8 Å². The molecule has 0 saturated heterocycles. The van der Waals surface area contributed by atoms with Crippen molar-refractivity contribution in [2.75, 3.05) is 5.32 Å². The Morgan fingerprint density at radius 1 is 0.862 bits per heavy atom. The molecule has 4 rings (SSSR count). The first kappa shape index (κ1) is 18.7. The van der Waals surface area contributed by atoms with Gasteiger partial charge in [-0.25, -0.2) is 9.97 Å². The second-order valence-electron chi connectivity index (χ2n) is 7.38. The largest absolute Gasteiger partial charge is 0.322 e. The second kappa shape index (κ2) is 7.43. The molecule has 1 N–H and O–H groups in total. The summed E-state index contributed by atoms with van der Waals surface area (Å²) in [5.41, 5.74) is 7.03. The quantitative estimate of drug-likeness (QED) is 0.530. The molecule has 5 heteroatoms. The Hall–Kier alpha value is -3.60. The van der Waals surface area contributed by atoms with Gasteiger partial charge in [-0.3, -0.25) is 9.78 Å². The smallest absolute Gasteiger partial charge is 0.256 e. The van der Waals surface area contributed by atoms with Crippen molar-refractivity contribution in [3.63, 3.8) is 0 Å². The van der Waals surface area contributed by atoms with Crippen LogP contribution in [0.2, 0.25) is 0 Å². The minimum Gasteiger partial charge on any atom is -0.322 e. The van der Waals surface area contributed by atoms with E-state index in [1.165, 1.54) is 5.56 Å². The third-order valence-corrected chi connectivity index (χ3v) is 4.95. The molecule has 0 spiro atoms. The van der Waals surface area contributed by atoms with Crippen LogP contribution in [0.3, 0.4) is 0 Å². The molecule has 0 aliphatic rings. The zero-order valence-corrected chi connectivity index (χ0v) is 16.9. The van der Waals surface area contributed by atoms with Gasteiger partial charge < -0.3 is 5.32 Å². The Morgan fingerprint density at radius 2 is 1.69 bits per heavy atom. The number of anilines is 1. The lowest BCUT2D eigenvalue weighted by Gasteiger charge is -2.12. The van der Waals surface area contributed by atoms with E-state index < -0.39 is 0 Å². The van der Waals surface area contributed by atoms with Crippen molar-refractivity contribution in [1.82, 2.24) is 15.0 Å². The fourth-order valence-electron chi connectivity index (χ4n) is 3.30. The Morgan fingerprint density at radius 3 is 2.48 bits per heavy atom. The van der Waals surface area contributed by atoms with Crippen LogP contribution < -0.4 is 5.32 Å². The highest BCUT2D eigenvalue weighted by Crippen LogP contribution is 2.25. The molecule has 0 aliphatic carbocycles. The number of hydrogen-bond donors (Lipinski definition) is 1. The summed E-state index contributed by atoms with van der Waals surface area (Å²) in [6.45, 7) is 7.78. The summed E-state index contributed by atoms with van der Waals surface area (Å²) in [5.74, 6) is 0.532. The van der Waals surface area contributed by atoms with Gasteiger partial charge in [0.05, 0.1) is 5.52 Å². The summed E-state index contributed by atoms with van der Waals surface area (Å²) in [6.07, 6.45) is 3.57. The lowest BCUT2D eigenvalue weighted by molar-refractivity contribution is 0.102. The molecule has 2 aromatic carbocycles. The molecular formula is C24H22N4O. The first-order valence-corrected chi connectivity index (χ1v) is 9.50. The van der Waals surface area contributed by atoms with Crippen LogP contribution in [0.25, 0.3) is 22.3 Å². The molecule has 1 amide bonds. The van der Waals surface area contributed by atoms with Crippen LogP contribution in [-0.2, 0) is 0 Å². The predicted molar refractivity (Wildman–Crippen MR) is 116 cm³/mol. The number of nitrogens with one attached hydrogen (secondary N) is 1. The highest BCUT2D eigenvalue weighted by atomic mass is 16.1. The maximum Gasteiger partial charge on any atom is 0.256 e. The van der Waals surface area contributed by atoms with Crippen molar-refractivity contribution >= 4 is 22.5 Å². The van der Waals surface area contributed by atoms with Crippen molar-refractivity contribution in [3.8, 4) is 11.4 Å². The maximum absolute atomic E-state index is 12.7. The molecule has 0 radical (unpaired) electrons. The Balaban J connectivity index is 1.62. The third-order valence-electron chi connectivity index (χ3n) is 4.95. The van der Waals surface area contributed by atoms with Crippen molar-refractivity contribution in [2.45, 2.75) is 27.7 Å². The molecule has 144 valence electrons. The lowest BCUT2D eigenvalue weighted by Crippen LogP contribution is -2.14. The van der Waals surface area contributed by atoms with Gasteiger partial charge in [0.2, 0.25) is 0 Å². The van der Waals surface area contributed by atoms with Gasteiger partial charge in [0, 0.05) is 40.3 Å². The van der Waals surface area contributed by atoms with Crippen molar-refractivity contribution in [1.29, 1.82) is 0 Å². The molecular weight excluding hydrogens is 360 g/mol. The molecule has 4 aromatic rings. The normalized spacial score (nSPS) is 10.9. The number of aryl methyl sites for hydroxylation is 4. The number of carbonyl (C=O) groups is 1. The van der Waals surface area contributed by atoms with E-state index in [4.69, 9.17) is 0 Å². The summed E-state index contributed by atoms with van der Waals surface area (Å²) in [4.78, 5) is 26.1. The SMILES string of the molecule is Cc1ccc2nc(-c3ccc(NC(=O)c4cc(C)ncc4C)c(C)c3)ncc2c1. The fourth-order valence-corrected chi connectivity index (χ4v) is 3.30. The summed E-state index contributed by atoms with van der Waals surface area (Å²) in [6, 6.07) is 13.8. The molecule has 0 aliphatic heterocycles. The number of nitrogens with zero attached hydrogens (tertiary/aromatic N) is 3.